The van der Waals surface area contributed by atoms with Gasteiger partial charge in [-0.1, -0.05) is 37.3 Å². The number of halogens is 2. The van der Waals surface area contributed by atoms with Crippen LogP contribution in [-0.4, -0.2) is 30.5 Å². The lowest BCUT2D eigenvalue weighted by atomic mass is 10.1. The molecule has 1 heterocycles. The molecule has 0 aliphatic heterocycles. The first-order valence-electron chi connectivity index (χ1n) is 7.77. The van der Waals surface area contributed by atoms with E-state index in [1.165, 1.54) is 5.56 Å². The van der Waals surface area contributed by atoms with Gasteiger partial charge in [-0.2, -0.15) is 0 Å². The number of aromatic nitrogens is 1. The van der Waals surface area contributed by atoms with Crippen molar-refractivity contribution in [2.24, 2.45) is 0 Å². The quantitative estimate of drug-likeness (QED) is 0.645. The molecular weight excluding hydrogens is 365 g/mol. The first-order chi connectivity index (χ1) is 10.8. The minimum absolute atomic E-state index is 0. The van der Waals surface area contributed by atoms with E-state index in [0.29, 0.717) is 12.2 Å². The van der Waals surface area contributed by atoms with Gasteiger partial charge in [-0.25, -0.2) is 4.98 Å². The first-order valence-corrected chi connectivity index (χ1v) is 8.65. The highest BCUT2D eigenvalue weighted by molar-refractivity contribution is 7.09. The zero-order chi connectivity index (χ0) is 15.6. The van der Waals surface area contributed by atoms with Crippen LogP contribution in [0.1, 0.15) is 34.4 Å². The number of rotatable bonds is 9. The van der Waals surface area contributed by atoms with Crippen LogP contribution in [-0.2, 0) is 12.8 Å². The second kappa shape index (κ2) is 13.2. The van der Waals surface area contributed by atoms with Gasteiger partial charge in [0, 0.05) is 24.9 Å². The Morgan fingerprint density at radius 3 is 2.54 bits per heavy atom. The lowest BCUT2D eigenvalue weighted by Crippen LogP contribution is -2.32. The smallest absolute Gasteiger partial charge is 0.270 e. The summed E-state index contributed by atoms with van der Waals surface area (Å²) in [5, 5.41) is 9.00. The van der Waals surface area contributed by atoms with E-state index in [2.05, 4.69) is 34.7 Å². The van der Waals surface area contributed by atoms with Crippen molar-refractivity contribution in [1.29, 1.82) is 0 Å². The van der Waals surface area contributed by atoms with Gasteiger partial charge in [-0.15, -0.1) is 36.2 Å². The molecule has 2 rings (SSSR count). The van der Waals surface area contributed by atoms with Crippen molar-refractivity contribution in [2.45, 2.75) is 26.2 Å². The van der Waals surface area contributed by atoms with Crippen molar-refractivity contribution in [3.05, 3.63) is 52.0 Å². The second-order valence-corrected chi connectivity index (χ2v) is 6.06. The number of aryl methyl sites for hydroxylation is 2. The molecule has 7 heteroatoms. The lowest BCUT2D eigenvalue weighted by Gasteiger charge is -2.04. The molecule has 0 bridgehead atoms. The number of thiazole rings is 1. The number of nitrogens with one attached hydrogen (secondary N) is 2. The summed E-state index contributed by atoms with van der Waals surface area (Å²) in [6.07, 6.45) is 2.93. The number of carbonyl (C=O) groups is 1. The van der Waals surface area contributed by atoms with Crippen molar-refractivity contribution in [2.75, 3.05) is 19.6 Å². The minimum atomic E-state index is -0.0829. The highest BCUT2D eigenvalue weighted by atomic mass is 35.5. The molecule has 0 unspecified atom stereocenters. The molecule has 1 aromatic heterocycles. The molecule has 2 N–H and O–H groups in total. The summed E-state index contributed by atoms with van der Waals surface area (Å²) in [5.41, 5.74) is 1.83. The Kier molecular flexibility index (Phi) is 12.6. The van der Waals surface area contributed by atoms with Crippen molar-refractivity contribution in [3.63, 3.8) is 0 Å². The number of hydrogen-bond donors (Lipinski definition) is 2. The van der Waals surface area contributed by atoms with Crippen LogP contribution in [0, 0.1) is 0 Å². The van der Waals surface area contributed by atoms with Crippen LogP contribution in [0.5, 0.6) is 0 Å². The van der Waals surface area contributed by atoms with E-state index in [-0.39, 0.29) is 30.7 Å². The largest absolute Gasteiger partial charge is 0.349 e. The Hall–Kier alpha value is -1.14. The lowest BCUT2D eigenvalue weighted by molar-refractivity contribution is 0.0949. The number of nitrogens with zero attached hydrogens (tertiary/aromatic N) is 1. The summed E-state index contributed by atoms with van der Waals surface area (Å²) in [6, 6.07) is 10.3. The number of amides is 1. The molecule has 1 aromatic carbocycles. The van der Waals surface area contributed by atoms with Crippen LogP contribution < -0.4 is 10.6 Å². The number of benzene rings is 1. The molecule has 1 amide bonds. The predicted molar refractivity (Wildman–Crippen MR) is 106 cm³/mol. The van der Waals surface area contributed by atoms with Crippen LogP contribution in [0.25, 0.3) is 0 Å². The zero-order valence-electron chi connectivity index (χ0n) is 13.8. The molecule has 0 spiro atoms. The standard InChI is InChI=1S/C17H23N3OS.2ClH/c1-2-10-18-11-12-19-17(21)15-13-22-16(20-15)9-8-14-6-4-3-5-7-14;;/h3-7,13,18H,2,8-12H2,1H3,(H,19,21);2*1H. The molecule has 0 radical (unpaired) electrons. The summed E-state index contributed by atoms with van der Waals surface area (Å²) in [6.45, 7) is 4.54. The van der Waals surface area contributed by atoms with E-state index < -0.39 is 0 Å². The van der Waals surface area contributed by atoms with Crippen molar-refractivity contribution >= 4 is 42.1 Å². The molecule has 0 saturated carbocycles. The third-order valence-corrected chi connectivity index (χ3v) is 4.18. The molecule has 4 nitrogen and oxygen atoms in total. The summed E-state index contributed by atoms with van der Waals surface area (Å²) < 4.78 is 0. The Labute approximate surface area is 160 Å². The minimum Gasteiger partial charge on any atom is -0.349 e. The fourth-order valence-corrected chi connectivity index (χ4v) is 2.86. The first kappa shape index (κ1) is 22.9. The fraction of sp³-hybridized carbons (Fsp3) is 0.412. The third kappa shape index (κ3) is 8.11. The summed E-state index contributed by atoms with van der Waals surface area (Å²) in [7, 11) is 0. The molecule has 0 fully saturated rings. The number of carbonyl (C=O) groups excluding carboxylic acids is 1. The third-order valence-electron chi connectivity index (χ3n) is 3.27. The molecule has 0 aliphatic carbocycles. The van der Waals surface area contributed by atoms with Crippen molar-refractivity contribution < 1.29 is 4.79 Å². The molecular formula is C17H25Cl2N3OS. The van der Waals surface area contributed by atoms with Crippen molar-refractivity contribution in [3.8, 4) is 0 Å². The zero-order valence-corrected chi connectivity index (χ0v) is 16.2. The fourth-order valence-electron chi connectivity index (χ4n) is 2.08. The predicted octanol–water partition coefficient (Wildman–Crippen LogP) is 3.50. The Bertz CT molecular complexity index is 578. The Morgan fingerprint density at radius 2 is 1.83 bits per heavy atom. The van der Waals surface area contributed by atoms with E-state index in [1.807, 2.05) is 23.6 Å². The van der Waals surface area contributed by atoms with E-state index in [0.717, 1.165) is 37.4 Å². The van der Waals surface area contributed by atoms with Crippen LogP contribution in [0.4, 0.5) is 0 Å². The van der Waals surface area contributed by atoms with Gasteiger partial charge in [-0.05, 0) is 24.9 Å². The highest BCUT2D eigenvalue weighted by Gasteiger charge is 2.10. The Balaban J connectivity index is 0.00000264. The molecule has 24 heavy (non-hydrogen) atoms. The maximum absolute atomic E-state index is 12.0. The van der Waals surface area contributed by atoms with Crippen LogP contribution in [0.3, 0.4) is 0 Å². The van der Waals surface area contributed by atoms with Crippen LogP contribution in [0.15, 0.2) is 35.7 Å². The van der Waals surface area contributed by atoms with E-state index in [4.69, 9.17) is 0 Å². The van der Waals surface area contributed by atoms with Gasteiger partial charge >= 0.3 is 0 Å². The Morgan fingerprint density at radius 1 is 1.08 bits per heavy atom. The summed E-state index contributed by atoms with van der Waals surface area (Å²) in [5.74, 6) is -0.0829. The van der Waals surface area contributed by atoms with Crippen molar-refractivity contribution in [1.82, 2.24) is 15.6 Å². The van der Waals surface area contributed by atoms with E-state index >= 15 is 0 Å². The molecule has 0 atom stereocenters. The normalized spacial score (nSPS) is 9.71. The molecule has 134 valence electrons. The average Bonchev–Trinajstić information content (AvgIpc) is 3.03. The topological polar surface area (TPSA) is 54.0 Å². The highest BCUT2D eigenvalue weighted by Crippen LogP contribution is 2.13. The summed E-state index contributed by atoms with van der Waals surface area (Å²) in [4.78, 5) is 16.4. The van der Waals surface area contributed by atoms with Gasteiger partial charge < -0.3 is 10.6 Å². The van der Waals surface area contributed by atoms with Gasteiger partial charge in [0.1, 0.15) is 5.69 Å². The maximum Gasteiger partial charge on any atom is 0.270 e. The maximum atomic E-state index is 12.0. The monoisotopic (exact) mass is 389 g/mol. The van der Waals surface area contributed by atoms with Crippen LogP contribution >= 0.6 is 36.2 Å². The second-order valence-electron chi connectivity index (χ2n) is 5.12. The number of hydrogen-bond acceptors (Lipinski definition) is 4. The molecule has 0 saturated heterocycles. The summed E-state index contributed by atoms with van der Waals surface area (Å²) >= 11 is 1.56. The van der Waals surface area contributed by atoms with Crippen LogP contribution in [0.2, 0.25) is 0 Å². The average molecular weight is 390 g/mol. The van der Waals surface area contributed by atoms with Gasteiger partial charge in [0.15, 0.2) is 0 Å². The van der Waals surface area contributed by atoms with E-state index in [9.17, 15) is 4.79 Å². The SMILES string of the molecule is CCCNCCNC(=O)c1csc(CCc2ccccc2)n1.Cl.Cl. The molecule has 2 aromatic rings. The van der Waals surface area contributed by atoms with Gasteiger partial charge in [0.05, 0.1) is 5.01 Å². The van der Waals surface area contributed by atoms with Gasteiger partial charge in [-0.3, -0.25) is 4.79 Å². The van der Waals surface area contributed by atoms with E-state index in [1.54, 1.807) is 11.3 Å². The van der Waals surface area contributed by atoms with Gasteiger partial charge in [0.25, 0.3) is 5.91 Å². The molecule has 0 aliphatic rings. The van der Waals surface area contributed by atoms with Gasteiger partial charge in [0.2, 0.25) is 0 Å².